The van der Waals surface area contributed by atoms with E-state index in [1.165, 1.54) is 30.4 Å². The van der Waals surface area contributed by atoms with Crippen LogP contribution in [-0.2, 0) is 4.79 Å². The summed E-state index contributed by atoms with van der Waals surface area (Å²) in [6.45, 7) is 3.70. The predicted molar refractivity (Wildman–Crippen MR) is 63.2 cm³/mol. The maximum atomic E-state index is 13.3. The van der Waals surface area contributed by atoms with E-state index >= 15 is 0 Å². The number of hydrogen-bond donors (Lipinski definition) is 1. The summed E-state index contributed by atoms with van der Waals surface area (Å²) in [5, 5.41) is 11.3. The number of amides is 1. The SMILES string of the molecule is C=CCNC(=O)/C(C#N)=C/c1ccccc1F. The van der Waals surface area contributed by atoms with E-state index in [1.54, 1.807) is 12.1 Å². The van der Waals surface area contributed by atoms with E-state index in [0.717, 1.165) is 0 Å². The summed E-state index contributed by atoms with van der Waals surface area (Å²) in [5.41, 5.74) is 0.0646. The normalized spacial score (nSPS) is 10.5. The summed E-state index contributed by atoms with van der Waals surface area (Å²) in [6, 6.07) is 7.66. The van der Waals surface area contributed by atoms with Crippen LogP contribution in [0, 0.1) is 17.1 Å². The van der Waals surface area contributed by atoms with Crippen LogP contribution in [0.2, 0.25) is 0 Å². The van der Waals surface area contributed by atoms with Gasteiger partial charge in [0, 0.05) is 12.1 Å². The molecule has 0 aliphatic rings. The number of rotatable bonds is 4. The molecule has 3 nitrogen and oxygen atoms in total. The van der Waals surface area contributed by atoms with Gasteiger partial charge in [-0.05, 0) is 12.1 Å². The monoisotopic (exact) mass is 230 g/mol. The molecular formula is C13H11FN2O. The minimum absolute atomic E-state index is 0.142. The minimum Gasteiger partial charge on any atom is -0.348 e. The first-order chi connectivity index (χ1) is 8.19. The second-order valence-corrected chi connectivity index (χ2v) is 3.19. The Morgan fingerprint density at radius 2 is 2.24 bits per heavy atom. The van der Waals surface area contributed by atoms with Gasteiger partial charge >= 0.3 is 0 Å². The molecule has 0 spiro atoms. The first kappa shape index (κ1) is 12.7. The molecule has 1 aromatic rings. The van der Waals surface area contributed by atoms with Gasteiger partial charge in [-0.25, -0.2) is 4.39 Å². The van der Waals surface area contributed by atoms with Gasteiger partial charge < -0.3 is 5.32 Å². The molecule has 1 N–H and O–H groups in total. The topological polar surface area (TPSA) is 52.9 Å². The molecule has 0 atom stereocenters. The Bertz CT molecular complexity index is 500. The standard InChI is InChI=1S/C13H11FN2O/c1-2-7-16-13(17)11(9-15)8-10-5-3-4-6-12(10)14/h2-6,8H,1,7H2,(H,16,17)/b11-8+. The van der Waals surface area contributed by atoms with Gasteiger partial charge in [0.25, 0.3) is 5.91 Å². The summed E-state index contributed by atoms with van der Waals surface area (Å²) in [4.78, 5) is 11.5. The van der Waals surface area contributed by atoms with Crippen LogP contribution in [0.5, 0.6) is 0 Å². The van der Waals surface area contributed by atoms with Crippen molar-refractivity contribution in [2.24, 2.45) is 0 Å². The fourth-order valence-electron chi connectivity index (χ4n) is 1.16. The minimum atomic E-state index is -0.546. The number of hydrogen-bond acceptors (Lipinski definition) is 2. The number of carbonyl (C=O) groups excluding carboxylic acids is 1. The lowest BCUT2D eigenvalue weighted by Crippen LogP contribution is -2.24. The van der Waals surface area contributed by atoms with E-state index in [0.29, 0.717) is 0 Å². The Morgan fingerprint density at radius 1 is 1.53 bits per heavy atom. The Kier molecular flexibility index (Phi) is 4.64. The molecule has 0 saturated heterocycles. The molecule has 0 aromatic heterocycles. The van der Waals surface area contributed by atoms with Crippen molar-refractivity contribution in [1.29, 1.82) is 5.26 Å². The van der Waals surface area contributed by atoms with Gasteiger partial charge in [0.1, 0.15) is 17.5 Å². The molecule has 0 bridgehead atoms. The smallest absolute Gasteiger partial charge is 0.262 e. The molecule has 0 aliphatic carbocycles. The highest BCUT2D eigenvalue weighted by molar-refractivity contribution is 6.01. The number of nitrogens with one attached hydrogen (secondary N) is 1. The molecule has 0 radical (unpaired) electrons. The van der Waals surface area contributed by atoms with E-state index in [1.807, 2.05) is 0 Å². The maximum absolute atomic E-state index is 13.3. The lowest BCUT2D eigenvalue weighted by Gasteiger charge is -2.01. The molecule has 1 amide bonds. The van der Waals surface area contributed by atoms with Gasteiger partial charge in [-0.1, -0.05) is 24.3 Å². The first-order valence-electron chi connectivity index (χ1n) is 4.94. The summed E-state index contributed by atoms with van der Waals surface area (Å²) >= 11 is 0. The molecule has 17 heavy (non-hydrogen) atoms. The molecular weight excluding hydrogens is 219 g/mol. The highest BCUT2D eigenvalue weighted by atomic mass is 19.1. The van der Waals surface area contributed by atoms with Crippen molar-refractivity contribution in [3.05, 3.63) is 53.9 Å². The van der Waals surface area contributed by atoms with Crippen LogP contribution in [0.1, 0.15) is 5.56 Å². The molecule has 0 unspecified atom stereocenters. The Morgan fingerprint density at radius 3 is 2.82 bits per heavy atom. The van der Waals surface area contributed by atoms with E-state index in [-0.39, 0.29) is 17.7 Å². The van der Waals surface area contributed by atoms with Crippen LogP contribution in [0.3, 0.4) is 0 Å². The molecule has 86 valence electrons. The summed E-state index contributed by atoms with van der Waals surface area (Å²) in [6.07, 6.45) is 2.71. The van der Waals surface area contributed by atoms with Crippen LogP contribution in [0.25, 0.3) is 6.08 Å². The van der Waals surface area contributed by atoms with Crippen molar-refractivity contribution in [3.8, 4) is 6.07 Å². The van der Waals surface area contributed by atoms with Gasteiger partial charge in [-0.3, -0.25) is 4.79 Å². The molecule has 0 aliphatic heterocycles. The van der Waals surface area contributed by atoms with Gasteiger partial charge in [0.05, 0.1) is 0 Å². The summed E-state index contributed by atoms with van der Waals surface area (Å²) in [5.74, 6) is -1.02. The van der Waals surface area contributed by atoms with Gasteiger partial charge in [-0.15, -0.1) is 6.58 Å². The maximum Gasteiger partial charge on any atom is 0.262 e. The van der Waals surface area contributed by atoms with Crippen LogP contribution < -0.4 is 5.32 Å². The average Bonchev–Trinajstić information content (AvgIpc) is 2.35. The number of nitriles is 1. The molecule has 0 heterocycles. The molecule has 0 fully saturated rings. The Labute approximate surface area is 98.9 Å². The number of nitrogens with zero attached hydrogens (tertiary/aromatic N) is 1. The largest absolute Gasteiger partial charge is 0.348 e. The van der Waals surface area contributed by atoms with Crippen molar-refractivity contribution in [3.63, 3.8) is 0 Å². The average molecular weight is 230 g/mol. The van der Waals surface area contributed by atoms with Crippen molar-refractivity contribution in [2.45, 2.75) is 0 Å². The quantitative estimate of drug-likeness (QED) is 0.489. The van der Waals surface area contributed by atoms with Crippen molar-refractivity contribution in [1.82, 2.24) is 5.32 Å². The van der Waals surface area contributed by atoms with Gasteiger partial charge in [0.2, 0.25) is 0 Å². The first-order valence-corrected chi connectivity index (χ1v) is 4.94. The van der Waals surface area contributed by atoms with E-state index in [2.05, 4.69) is 11.9 Å². The highest BCUT2D eigenvalue weighted by Crippen LogP contribution is 2.11. The number of carbonyl (C=O) groups is 1. The number of benzene rings is 1. The van der Waals surface area contributed by atoms with Crippen LogP contribution in [0.15, 0.2) is 42.5 Å². The second-order valence-electron chi connectivity index (χ2n) is 3.19. The van der Waals surface area contributed by atoms with E-state index < -0.39 is 11.7 Å². The van der Waals surface area contributed by atoms with E-state index in [9.17, 15) is 9.18 Å². The highest BCUT2D eigenvalue weighted by Gasteiger charge is 2.08. The fourth-order valence-corrected chi connectivity index (χ4v) is 1.16. The Hall–Kier alpha value is -2.41. The third kappa shape index (κ3) is 3.58. The van der Waals surface area contributed by atoms with Gasteiger partial charge in [0.15, 0.2) is 0 Å². The zero-order chi connectivity index (χ0) is 12.7. The zero-order valence-electron chi connectivity index (χ0n) is 9.11. The lowest BCUT2D eigenvalue weighted by atomic mass is 10.1. The predicted octanol–water partition coefficient (Wildman–Crippen LogP) is 2.03. The number of halogens is 1. The molecule has 1 aromatic carbocycles. The molecule has 1 rings (SSSR count). The Balaban J connectivity index is 2.95. The van der Waals surface area contributed by atoms with Crippen LogP contribution in [-0.4, -0.2) is 12.5 Å². The second kappa shape index (κ2) is 6.23. The fraction of sp³-hybridized carbons (Fsp3) is 0.0769. The summed E-state index contributed by atoms with van der Waals surface area (Å²) < 4.78 is 13.3. The third-order valence-corrected chi connectivity index (χ3v) is 1.98. The summed E-state index contributed by atoms with van der Waals surface area (Å²) in [7, 11) is 0. The molecule has 4 heteroatoms. The third-order valence-electron chi connectivity index (χ3n) is 1.98. The zero-order valence-corrected chi connectivity index (χ0v) is 9.11. The van der Waals surface area contributed by atoms with Crippen molar-refractivity contribution in [2.75, 3.05) is 6.54 Å². The van der Waals surface area contributed by atoms with Crippen molar-refractivity contribution < 1.29 is 9.18 Å². The van der Waals surface area contributed by atoms with Crippen LogP contribution >= 0.6 is 0 Å². The van der Waals surface area contributed by atoms with E-state index in [4.69, 9.17) is 5.26 Å². The van der Waals surface area contributed by atoms with Gasteiger partial charge in [-0.2, -0.15) is 5.26 Å². The lowest BCUT2D eigenvalue weighted by molar-refractivity contribution is -0.116. The van der Waals surface area contributed by atoms with Crippen LogP contribution in [0.4, 0.5) is 4.39 Å². The molecule has 0 saturated carbocycles. The van der Waals surface area contributed by atoms with Crippen molar-refractivity contribution >= 4 is 12.0 Å².